The quantitative estimate of drug-likeness (QED) is 0.589. The van der Waals surface area contributed by atoms with Crippen LogP contribution in [-0.4, -0.2) is 14.4 Å². The van der Waals surface area contributed by atoms with Crippen LogP contribution in [0.2, 0.25) is 0 Å². The summed E-state index contributed by atoms with van der Waals surface area (Å²) in [7, 11) is 0. The van der Waals surface area contributed by atoms with Crippen molar-refractivity contribution in [1.82, 2.24) is 14.4 Å². The Morgan fingerprint density at radius 1 is 1.04 bits per heavy atom. The number of aryl methyl sites for hydroxylation is 2. The molecule has 0 saturated carbocycles. The minimum absolute atomic E-state index is 0.682. The number of nitrogens with one attached hydrogen (secondary N) is 1. The van der Waals surface area contributed by atoms with Crippen LogP contribution in [0.5, 0.6) is 0 Å². The third-order valence-corrected chi connectivity index (χ3v) is 4.76. The summed E-state index contributed by atoms with van der Waals surface area (Å²) in [5.41, 5.74) is 6.73. The lowest BCUT2D eigenvalue weighted by Gasteiger charge is -2.07. The number of aromatic nitrogens is 3. The monoisotopic (exact) mass is 334 g/mol. The maximum atomic E-state index is 4.86. The molecule has 0 saturated heterocycles. The highest BCUT2D eigenvalue weighted by molar-refractivity contribution is 7.13. The average Bonchev–Trinajstić information content (AvgIpc) is 3.21. The van der Waals surface area contributed by atoms with E-state index in [1.165, 1.54) is 11.1 Å². The first-order chi connectivity index (χ1) is 11.7. The van der Waals surface area contributed by atoms with Gasteiger partial charge < -0.3 is 9.72 Å². The Morgan fingerprint density at radius 2 is 1.83 bits per heavy atom. The van der Waals surface area contributed by atoms with Gasteiger partial charge >= 0.3 is 0 Å². The molecule has 5 heteroatoms. The summed E-state index contributed by atoms with van der Waals surface area (Å²) in [5, 5.41) is 6.30. The van der Waals surface area contributed by atoms with E-state index in [4.69, 9.17) is 4.98 Å². The zero-order valence-corrected chi connectivity index (χ0v) is 14.5. The lowest BCUT2D eigenvalue weighted by Crippen LogP contribution is -2.04. The van der Waals surface area contributed by atoms with Gasteiger partial charge in [0.2, 0.25) is 0 Å². The lowest BCUT2D eigenvalue weighted by molar-refractivity contribution is 0.995. The molecule has 0 atom stereocenters. The summed E-state index contributed by atoms with van der Waals surface area (Å²) < 4.78 is 2.17. The molecule has 0 spiro atoms. The number of hydrogen-bond donors (Lipinski definition) is 1. The predicted octanol–water partition coefficient (Wildman–Crippen LogP) is 4.69. The van der Waals surface area contributed by atoms with Gasteiger partial charge in [0.05, 0.1) is 17.9 Å². The zero-order chi connectivity index (χ0) is 16.5. The molecular formula is C19H18N4S. The van der Waals surface area contributed by atoms with Crippen LogP contribution >= 0.6 is 11.3 Å². The van der Waals surface area contributed by atoms with Crippen molar-refractivity contribution in [2.45, 2.75) is 20.4 Å². The highest BCUT2D eigenvalue weighted by atomic mass is 32.1. The summed E-state index contributed by atoms with van der Waals surface area (Å²) in [4.78, 5) is 9.16. The zero-order valence-electron chi connectivity index (χ0n) is 13.7. The van der Waals surface area contributed by atoms with Crippen LogP contribution in [0.25, 0.3) is 16.9 Å². The van der Waals surface area contributed by atoms with E-state index in [1.54, 1.807) is 11.3 Å². The van der Waals surface area contributed by atoms with Crippen molar-refractivity contribution in [2.24, 2.45) is 0 Å². The first-order valence-electron chi connectivity index (χ1n) is 7.89. The molecule has 1 N–H and O–H groups in total. The van der Waals surface area contributed by atoms with Crippen molar-refractivity contribution in [3.8, 4) is 11.3 Å². The molecule has 4 nitrogen and oxygen atoms in total. The van der Waals surface area contributed by atoms with Gasteiger partial charge in [-0.1, -0.05) is 35.9 Å². The molecule has 4 rings (SSSR count). The standard InChI is InChI=1S/C19H18N4S/c1-13-3-6-15(7-4-13)18-16(11-21-19-20-9-10-24-19)23-12-14(2)5-8-17(23)22-18/h3-10,12H,11H2,1-2H3,(H,20,21). The van der Waals surface area contributed by atoms with Crippen molar-refractivity contribution in [1.29, 1.82) is 0 Å². The van der Waals surface area contributed by atoms with E-state index in [0.717, 1.165) is 27.7 Å². The highest BCUT2D eigenvalue weighted by Crippen LogP contribution is 2.26. The SMILES string of the molecule is Cc1ccc(-c2nc3ccc(C)cn3c2CNc2nccs2)cc1. The number of nitrogens with zero attached hydrogens (tertiary/aromatic N) is 3. The number of hydrogen-bond acceptors (Lipinski definition) is 4. The molecular weight excluding hydrogens is 316 g/mol. The summed E-state index contributed by atoms with van der Waals surface area (Å²) in [5.74, 6) is 0. The van der Waals surface area contributed by atoms with Gasteiger partial charge in [-0.25, -0.2) is 9.97 Å². The van der Waals surface area contributed by atoms with Gasteiger partial charge in [-0.2, -0.15) is 0 Å². The van der Waals surface area contributed by atoms with E-state index in [1.807, 2.05) is 11.6 Å². The van der Waals surface area contributed by atoms with E-state index < -0.39 is 0 Å². The third kappa shape index (κ3) is 2.78. The normalized spacial score (nSPS) is 11.1. The van der Waals surface area contributed by atoms with Crippen molar-refractivity contribution >= 4 is 22.1 Å². The van der Waals surface area contributed by atoms with Crippen molar-refractivity contribution < 1.29 is 0 Å². The molecule has 0 aliphatic heterocycles. The number of imidazole rings is 1. The molecule has 0 bridgehead atoms. The van der Waals surface area contributed by atoms with Gasteiger partial charge in [-0.3, -0.25) is 0 Å². The fraction of sp³-hybridized carbons (Fsp3) is 0.158. The predicted molar refractivity (Wildman–Crippen MR) is 99.5 cm³/mol. The summed E-state index contributed by atoms with van der Waals surface area (Å²) in [6, 6.07) is 12.7. The van der Waals surface area contributed by atoms with E-state index in [-0.39, 0.29) is 0 Å². The lowest BCUT2D eigenvalue weighted by atomic mass is 10.1. The Labute approximate surface area is 144 Å². The molecule has 3 heterocycles. The molecule has 3 aromatic heterocycles. The van der Waals surface area contributed by atoms with Crippen LogP contribution in [0.15, 0.2) is 54.2 Å². The number of anilines is 1. The van der Waals surface area contributed by atoms with Gasteiger partial charge in [-0.15, -0.1) is 11.3 Å². The van der Waals surface area contributed by atoms with Crippen LogP contribution in [0.1, 0.15) is 16.8 Å². The van der Waals surface area contributed by atoms with Gasteiger partial charge in [0.25, 0.3) is 0 Å². The maximum Gasteiger partial charge on any atom is 0.182 e. The average molecular weight is 334 g/mol. The Hall–Kier alpha value is -2.66. The Bertz CT molecular complexity index is 969. The van der Waals surface area contributed by atoms with Gasteiger partial charge in [-0.05, 0) is 25.5 Å². The van der Waals surface area contributed by atoms with Crippen LogP contribution in [0.4, 0.5) is 5.13 Å². The fourth-order valence-corrected chi connectivity index (χ4v) is 3.31. The van der Waals surface area contributed by atoms with Crippen LogP contribution < -0.4 is 5.32 Å². The first kappa shape index (κ1) is 14.9. The second-order valence-electron chi connectivity index (χ2n) is 5.90. The minimum atomic E-state index is 0.682. The second kappa shape index (κ2) is 6.09. The molecule has 0 unspecified atom stereocenters. The summed E-state index contributed by atoms with van der Waals surface area (Å²) in [6.45, 7) is 4.88. The van der Waals surface area contributed by atoms with Crippen LogP contribution in [-0.2, 0) is 6.54 Å². The smallest absolute Gasteiger partial charge is 0.182 e. The third-order valence-electron chi connectivity index (χ3n) is 4.03. The molecule has 4 aromatic rings. The van der Waals surface area contributed by atoms with Crippen molar-refractivity contribution in [2.75, 3.05) is 5.32 Å². The van der Waals surface area contributed by atoms with Crippen molar-refractivity contribution in [3.05, 3.63) is 71.0 Å². The Morgan fingerprint density at radius 3 is 2.58 bits per heavy atom. The first-order valence-corrected chi connectivity index (χ1v) is 8.77. The number of rotatable bonds is 4. The fourth-order valence-electron chi connectivity index (χ4n) is 2.78. The molecule has 1 aromatic carbocycles. The van der Waals surface area contributed by atoms with Crippen LogP contribution in [0.3, 0.4) is 0 Å². The van der Waals surface area contributed by atoms with E-state index in [0.29, 0.717) is 6.54 Å². The number of fused-ring (bicyclic) bond motifs is 1. The summed E-state index contributed by atoms with van der Waals surface area (Å²) in [6.07, 6.45) is 3.95. The van der Waals surface area contributed by atoms with Crippen LogP contribution in [0, 0.1) is 13.8 Å². The maximum absolute atomic E-state index is 4.86. The molecule has 0 aliphatic rings. The number of benzene rings is 1. The Balaban J connectivity index is 1.81. The molecule has 0 aliphatic carbocycles. The van der Waals surface area contributed by atoms with Crippen molar-refractivity contribution in [3.63, 3.8) is 0 Å². The minimum Gasteiger partial charge on any atom is -0.356 e. The number of thiazole rings is 1. The van der Waals surface area contributed by atoms with E-state index >= 15 is 0 Å². The van der Waals surface area contributed by atoms with Gasteiger partial charge in [0, 0.05) is 23.3 Å². The van der Waals surface area contributed by atoms with E-state index in [2.05, 4.69) is 71.1 Å². The molecule has 0 radical (unpaired) electrons. The van der Waals surface area contributed by atoms with Gasteiger partial charge in [0.1, 0.15) is 5.65 Å². The molecule has 0 amide bonds. The molecule has 24 heavy (non-hydrogen) atoms. The molecule has 120 valence electrons. The largest absolute Gasteiger partial charge is 0.356 e. The highest BCUT2D eigenvalue weighted by Gasteiger charge is 2.14. The van der Waals surface area contributed by atoms with E-state index in [9.17, 15) is 0 Å². The molecule has 0 fully saturated rings. The van der Waals surface area contributed by atoms with Gasteiger partial charge in [0.15, 0.2) is 5.13 Å². The summed E-state index contributed by atoms with van der Waals surface area (Å²) >= 11 is 1.61. The second-order valence-corrected chi connectivity index (χ2v) is 6.79. The number of pyridine rings is 1. The topological polar surface area (TPSA) is 42.2 Å². The Kier molecular flexibility index (Phi) is 3.78.